The van der Waals surface area contributed by atoms with Crippen molar-refractivity contribution in [2.75, 3.05) is 5.73 Å². The number of nitrogen functional groups attached to an aromatic ring is 1. The topological polar surface area (TPSA) is 38.9 Å². The van der Waals surface area contributed by atoms with Crippen LogP contribution in [-0.2, 0) is 0 Å². The van der Waals surface area contributed by atoms with E-state index >= 15 is 0 Å². The Hall–Kier alpha value is -1.33. The van der Waals surface area contributed by atoms with E-state index in [9.17, 15) is 17.6 Å². The number of nitrogens with zero attached hydrogens (tertiary/aromatic N) is 1. The Morgan fingerprint density at radius 2 is 1.92 bits per heavy atom. The van der Waals surface area contributed by atoms with Gasteiger partial charge in [-0.1, -0.05) is 0 Å². The third-order valence-corrected chi connectivity index (χ3v) is 1.23. The fraction of sp³-hybridized carbons (Fsp3) is 0.167. The first-order valence-electron chi connectivity index (χ1n) is 2.92. The molecule has 6 heteroatoms. The van der Waals surface area contributed by atoms with Gasteiger partial charge >= 0.3 is 0 Å². The van der Waals surface area contributed by atoms with E-state index in [1.807, 2.05) is 0 Å². The van der Waals surface area contributed by atoms with Crippen molar-refractivity contribution in [3.05, 3.63) is 23.4 Å². The van der Waals surface area contributed by atoms with Crippen LogP contribution in [0.2, 0.25) is 0 Å². The largest absolute Gasteiger partial charge is 0.383 e. The molecule has 0 aliphatic heterocycles. The maximum atomic E-state index is 12.3. The molecular formula is C6H4F4N2. The molecule has 0 fully saturated rings. The van der Waals surface area contributed by atoms with E-state index in [0.29, 0.717) is 6.07 Å². The lowest BCUT2D eigenvalue weighted by atomic mass is 10.2. The van der Waals surface area contributed by atoms with Gasteiger partial charge in [0, 0.05) is 0 Å². The van der Waals surface area contributed by atoms with Crippen molar-refractivity contribution in [3.8, 4) is 0 Å². The molecule has 0 aliphatic carbocycles. The molecule has 1 aromatic rings. The molecule has 0 spiro atoms. The Balaban J connectivity index is 3.23. The molecule has 0 atom stereocenters. The predicted molar refractivity (Wildman–Crippen MR) is 33.5 cm³/mol. The van der Waals surface area contributed by atoms with Crippen LogP contribution in [0.15, 0.2) is 6.07 Å². The second-order valence-corrected chi connectivity index (χ2v) is 2.04. The number of rotatable bonds is 1. The summed E-state index contributed by atoms with van der Waals surface area (Å²) in [6.07, 6.45) is -2.95. The molecule has 2 nitrogen and oxygen atoms in total. The van der Waals surface area contributed by atoms with Gasteiger partial charge in [-0.2, -0.15) is 9.37 Å². The highest BCUT2D eigenvalue weighted by atomic mass is 19.3. The molecule has 1 aromatic heterocycles. The highest BCUT2D eigenvalue weighted by Crippen LogP contribution is 2.24. The number of nitrogens with two attached hydrogens (primary N) is 1. The van der Waals surface area contributed by atoms with E-state index in [0.717, 1.165) is 0 Å². The summed E-state index contributed by atoms with van der Waals surface area (Å²) >= 11 is 0. The number of aromatic nitrogens is 1. The summed E-state index contributed by atoms with van der Waals surface area (Å²) in [5.41, 5.74) is 4.10. The van der Waals surface area contributed by atoms with Crippen LogP contribution >= 0.6 is 0 Å². The normalized spacial score (nSPS) is 10.8. The molecule has 0 saturated carbocycles. The third-order valence-electron chi connectivity index (χ3n) is 1.23. The predicted octanol–water partition coefficient (Wildman–Crippen LogP) is 1.88. The fourth-order valence-electron chi connectivity index (χ4n) is 0.669. The van der Waals surface area contributed by atoms with E-state index in [1.165, 1.54) is 0 Å². The molecule has 66 valence electrons. The fourth-order valence-corrected chi connectivity index (χ4v) is 0.669. The zero-order valence-electron chi connectivity index (χ0n) is 5.69. The van der Waals surface area contributed by atoms with Crippen molar-refractivity contribution in [2.24, 2.45) is 0 Å². The van der Waals surface area contributed by atoms with Gasteiger partial charge in [-0.3, -0.25) is 0 Å². The minimum Gasteiger partial charge on any atom is -0.383 e. The monoisotopic (exact) mass is 180 g/mol. The van der Waals surface area contributed by atoms with Crippen molar-refractivity contribution >= 4 is 5.82 Å². The molecule has 0 radical (unpaired) electrons. The molecule has 0 unspecified atom stereocenters. The highest BCUT2D eigenvalue weighted by Gasteiger charge is 2.16. The van der Waals surface area contributed by atoms with E-state index in [-0.39, 0.29) is 0 Å². The first-order valence-corrected chi connectivity index (χ1v) is 2.92. The summed E-state index contributed by atoms with van der Waals surface area (Å²) in [4.78, 5) is 2.75. The van der Waals surface area contributed by atoms with Gasteiger partial charge in [-0.15, -0.1) is 0 Å². The summed E-state index contributed by atoms with van der Waals surface area (Å²) in [6.45, 7) is 0. The van der Waals surface area contributed by atoms with E-state index in [2.05, 4.69) is 4.98 Å². The van der Waals surface area contributed by atoms with Crippen LogP contribution in [0.5, 0.6) is 0 Å². The SMILES string of the molecule is Nc1nc(F)c(F)cc1C(F)F. The molecule has 12 heavy (non-hydrogen) atoms. The second-order valence-electron chi connectivity index (χ2n) is 2.04. The summed E-state index contributed by atoms with van der Waals surface area (Å²) in [6, 6.07) is 0.336. The van der Waals surface area contributed by atoms with Crippen molar-refractivity contribution in [2.45, 2.75) is 6.43 Å². The number of halogens is 4. The molecule has 1 rings (SSSR count). The van der Waals surface area contributed by atoms with Gasteiger partial charge in [-0.05, 0) is 6.07 Å². The highest BCUT2D eigenvalue weighted by molar-refractivity contribution is 5.39. The first kappa shape index (κ1) is 8.76. The Bertz CT molecular complexity index is 300. The lowest BCUT2D eigenvalue weighted by Gasteiger charge is -2.02. The van der Waals surface area contributed by atoms with Gasteiger partial charge in [0.25, 0.3) is 12.4 Å². The quantitative estimate of drug-likeness (QED) is 0.529. The number of pyridine rings is 1. The molecule has 2 N–H and O–H groups in total. The van der Waals surface area contributed by atoms with Crippen LogP contribution < -0.4 is 5.73 Å². The Morgan fingerprint density at radius 1 is 1.33 bits per heavy atom. The van der Waals surface area contributed by atoms with Crippen LogP contribution in [-0.4, -0.2) is 4.98 Å². The Labute approximate surface area is 65.0 Å². The molecule has 0 bridgehead atoms. The van der Waals surface area contributed by atoms with Gasteiger partial charge in [0.05, 0.1) is 5.56 Å². The minimum absolute atomic E-state index is 0.336. The average molecular weight is 180 g/mol. The van der Waals surface area contributed by atoms with Crippen molar-refractivity contribution in [1.82, 2.24) is 4.98 Å². The van der Waals surface area contributed by atoms with Crippen molar-refractivity contribution in [1.29, 1.82) is 0 Å². The molecular weight excluding hydrogens is 176 g/mol. The van der Waals surface area contributed by atoms with Crippen LogP contribution in [0.3, 0.4) is 0 Å². The van der Waals surface area contributed by atoms with E-state index in [1.54, 1.807) is 0 Å². The zero-order valence-corrected chi connectivity index (χ0v) is 5.69. The van der Waals surface area contributed by atoms with Crippen molar-refractivity contribution in [3.63, 3.8) is 0 Å². The number of hydrogen-bond acceptors (Lipinski definition) is 2. The maximum absolute atomic E-state index is 12.3. The van der Waals surface area contributed by atoms with Crippen LogP contribution in [0.4, 0.5) is 23.4 Å². The second kappa shape index (κ2) is 2.96. The smallest absolute Gasteiger partial charge is 0.267 e. The van der Waals surface area contributed by atoms with Gasteiger partial charge in [-0.25, -0.2) is 13.2 Å². The third kappa shape index (κ3) is 1.46. The Morgan fingerprint density at radius 3 is 2.42 bits per heavy atom. The number of alkyl halides is 2. The molecule has 0 aromatic carbocycles. The number of hydrogen-bond donors (Lipinski definition) is 1. The lowest BCUT2D eigenvalue weighted by molar-refractivity contribution is 0.151. The number of anilines is 1. The van der Waals surface area contributed by atoms with E-state index in [4.69, 9.17) is 5.73 Å². The molecule has 1 heterocycles. The van der Waals surface area contributed by atoms with Crippen LogP contribution in [0.25, 0.3) is 0 Å². The van der Waals surface area contributed by atoms with Gasteiger partial charge in [0.15, 0.2) is 5.82 Å². The molecule has 0 saturated heterocycles. The summed E-state index contributed by atoms with van der Waals surface area (Å²) in [7, 11) is 0. The van der Waals surface area contributed by atoms with Crippen molar-refractivity contribution < 1.29 is 17.6 Å². The van der Waals surface area contributed by atoms with Crippen LogP contribution in [0.1, 0.15) is 12.0 Å². The first-order chi connectivity index (χ1) is 5.52. The Kier molecular flexibility index (Phi) is 2.16. The summed E-state index contributed by atoms with van der Waals surface area (Å²) in [5.74, 6) is -3.60. The zero-order chi connectivity index (χ0) is 9.30. The van der Waals surface area contributed by atoms with Crippen LogP contribution in [0, 0.1) is 11.8 Å². The molecule has 0 amide bonds. The lowest BCUT2D eigenvalue weighted by Crippen LogP contribution is -2.02. The molecule has 0 aliphatic rings. The van der Waals surface area contributed by atoms with Gasteiger partial charge in [0.2, 0.25) is 0 Å². The standard InChI is InChI=1S/C6H4F4N2/c7-3-1-2(4(8)9)6(11)12-5(3)10/h1,4H,(H2,11,12). The summed E-state index contributed by atoms with van der Waals surface area (Å²) < 4.78 is 48.4. The van der Waals surface area contributed by atoms with Gasteiger partial charge < -0.3 is 5.73 Å². The minimum atomic E-state index is -2.95. The van der Waals surface area contributed by atoms with E-state index < -0.39 is 29.6 Å². The summed E-state index contributed by atoms with van der Waals surface area (Å²) in [5, 5.41) is 0. The van der Waals surface area contributed by atoms with Gasteiger partial charge in [0.1, 0.15) is 5.82 Å². The average Bonchev–Trinajstić information content (AvgIpc) is 1.96. The maximum Gasteiger partial charge on any atom is 0.267 e.